The fourth-order valence-corrected chi connectivity index (χ4v) is 2.31. The Bertz CT molecular complexity index is 604. The van der Waals surface area contributed by atoms with Crippen molar-refractivity contribution in [2.45, 2.75) is 39.8 Å². The SMILES string of the molecule is CN=C(NCc1noc(C)n1)NCc1nnc(C(C)C)s1. The molecule has 2 heterocycles. The van der Waals surface area contributed by atoms with Gasteiger partial charge in [-0.1, -0.05) is 30.3 Å². The predicted octanol–water partition coefficient (Wildman–Crippen LogP) is 1.22. The van der Waals surface area contributed by atoms with E-state index in [2.05, 4.69) is 49.8 Å². The Morgan fingerprint density at radius 3 is 2.62 bits per heavy atom. The number of hydrogen-bond acceptors (Lipinski definition) is 7. The first kappa shape index (κ1) is 15.4. The third-order valence-electron chi connectivity index (χ3n) is 2.59. The van der Waals surface area contributed by atoms with E-state index < -0.39 is 0 Å². The van der Waals surface area contributed by atoms with Crippen molar-refractivity contribution in [1.82, 2.24) is 31.0 Å². The van der Waals surface area contributed by atoms with Crippen molar-refractivity contribution in [3.05, 3.63) is 21.7 Å². The maximum absolute atomic E-state index is 4.91. The normalized spacial score (nSPS) is 12.0. The molecule has 2 N–H and O–H groups in total. The maximum Gasteiger partial charge on any atom is 0.223 e. The van der Waals surface area contributed by atoms with Crippen molar-refractivity contribution >= 4 is 17.3 Å². The average Bonchev–Trinajstić information content (AvgIpc) is 3.08. The summed E-state index contributed by atoms with van der Waals surface area (Å²) in [6, 6.07) is 0. The Labute approximate surface area is 127 Å². The van der Waals surface area contributed by atoms with Crippen molar-refractivity contribution in [2.75, 3.05) is 7.05 Å². The van der Waals surface area contributed by atoms with Crippen molar-refractivity contribution in [1.29, 1.82) is 0 Å². The molecule has 0 saturated heterocycles. The molecule has 0 saturated carbocycles. The van der Waals surface area contributed by atoms with E-state index >= 15 is 0 Å². The Morgan fingerprint density at radius 2 is 2.05 bits per heavy atom. The molecule has 0 aliphatic rings. The van der Waals surface area contributed by atoms with Gasteiger partial charge in [0.15, 0.2) is 11.8 Å². The molecular weight excluding hydrogens is 290 g/mol. The summed E-state index contributed by atoms with van der Waals surface area (Å²) in [5.41, 5.74) is 0. The molecule has 21 heavy (non-hydrogen) atoms. The molecule has 8 nitrogen and oxygen atoms in total. The van der Waals surface area contributed by atoms with Gasteiger partial charge in [0.05, 0.1) is 13.1 Å². The molecule has 9 heteroatoms. The zero-order valence-electron chi connectivity index (χ0n) is 12.5. The smallest absolute Gasteiger partial charge is 0.223 e. The van der Waals surface area contributed by atoms with Crippen LogP contribution < -0.4 is 10.6 Å². The fourth-order valence-electron chi connectivity index (χ4n) is 1.53. The number of nitrogens with zero attached hydrogens (tertiary/aromatic N) is 5. The minimum Gasteiger partial charge on any atom is -0.350 e. The van der Waals surface area contributed by atoms with Gasteiger partial charge in [-0.05, 0) is 0 Å². The lowest BCUT2D eigenvalue weighted by atomic mass is 10.2. The summed E-state index contributed by atoms with van der Waals surface area (Å²) in [6.45, 7) is 6.99. The quantitative estimate of drug-likeness (QED) is 0.632. The summed E-state index contributed by atoms with van der Waals surface area (Å²) >= 11 is 1.60. The molecule has 0 aliphatic heterocycles. The van der Waals surface area contributed by atoms with E-state index in [9.17, 15) is 0 Å². The zero-order valence-corrected chi connectivity index (χ0v) is 13.4. The number of guanidine groups is 1. The number of hydrogen-bond donors (Lipinski definition) is 2. The lowest BCUT2D eigenvalue weighted by Gasteiger charge is -2.08. The van der Waals surface area contributed by atoms with E-state index in [1.165, 1.54) is 0 Å². The van der Waals surface area contributed by atoms with Gasteiger partial charge in [0.25, 0.3) is 0 Å². The van der Waals surface area contributed by atoms with Crippen LogP contribution in [0.4, 0.5) is 0 Å². The highest BCUT2D eigenvalue weighted by Crippen LogP contribution is 2.18. The summed E-state index contributed by atoms with van der Waals surface area (Å²) in [7, 11) is 1.70. The standard InChI is InChI=1S/C12H19N7OS/c1-7(2)11-18-17-10(21-11)6-15-12(13-4)14-5-9-16-8(3)20-19-9/h7H,5-6H2,1-4H3,(H2,13,14,15). The van der Waals surface area contributed by atoms with E-state index in [-0.39, 0.29) is 0 Å². The second kappa shape index (κ2) is 7.11. The molecule has 2 aromatic heterocycles. The van der Waals surface area contributed by atoms with Crippen LogP contribution >= 0.6 is 11.3 Å². The lowest BCUT2D eigenvalue weighted by Crippen LogP contribution is -2.36. The van der Waals surface area contributed by atoms with Gasteiger partial charge in [-0.25, -0.2) is 0 Å². The van der Waals surface area contributed by atoms with Gasteiger partial charge in [0.2, 0.25) is 5.89 Å². The molecule has 0 radical (unpaired) electrons. The van der Waals surface area contributed by atoms with Crippen LogP contribution in [0.2, 0.25) is 0 Å². The largest absolute Gasteiger partial charge is 0.350 e. The van der Waals surface area contributed by atoms with Gasteiger partial charge in [-0.15, -0.1) is 10.2 Å². The van der Waals surface area contributed by atoms with E-state index in [0.717, 1.165) is 10.0 Å². The molecule has 0 aliphatic carbocycles. The van der Waals surface area contributed by atoms with Crippen LogP contribution in [0, 0.1) is 6.92 Å². The van der Waals surface area contributed by atoms with E-state index in [1.807, 2.05) is 0 Å². The third-order valence-corrected chi connectivity index (χ3v) is 3.81. The molecule has 0 spiro atoms. The number of rotatable bonds is 5. The summed E-state index contributed by atoms with van der Waals surface area (Å²) in [5.74, 6) is 2.19. The molecule has 0 bridgehead atoms. The van der Waals surface area contributed by atoms with Crippen LogP contribution in [0.5, 0.6) is 0 Å². The number of aliphatic imine (C=N–C) groups is 1. The van der Waals surface area contributed by atoms with Crippen LogP contribution in [-0.2, 0) is 13.1 Å². The molecule has 2 rings (SSSR count). The monoisotopic (exact) mass is 309 g/mol. The molecule has 2 aromatic rings. The van der Waals surface area contributed by atoms with Crippen molar-refractivity contribution < 1.29 is 4.52 Å². The number of aromatic nitrogens is 4. The minimum atomic E-state index is 0.398. The van der Waals surface area contributed by atoms with Crippen LogP contribution in [0.1, 0.15) is 41.5 Å². The van der Waals surface area contributed by atoms with E-state index in [4.69, 9.17) is 4.52 Å². The molecule has 0 fully saturated rings. The van der Waals surface area contributed by atoms with Gasteiger partial charge in [-0.3, -0.25) is 4.99 Å². The Kier molecular flexibility index (Phi) is 5.20. The third kappa shape index (κ3) is 4.48. The first-order chi connectivity index (χ1) is 10.1. The predicted molar refractivity (Wildman–Crippen MR) is 80.1 cm³/mol. The zero-order chi connectivity index (χ0) is 15.2. The van der Waals surface area contributed by atoms with Gasteiger partial charge >= 0.3 is 0 Å². The van der Waals surface area contributed by atoms with Crippen molar-refractivity contribution in [3.63, 3.8) is 0 Å². The van der Waals surface area contributed by atoms with Gasteiger partial charge in [0, 0.05) is 19.9 Å². The first-order valence-corrected chi connectivity index (χ1v) is 7.46. The number of aryl methyl sites for hydroxylation is 1. The molecule has 0 unspecified atom stereocenters. The highest BCUT2D eigenvalue weighted by Gasteiger charge is 2.08. The molecule has 0 amide bonds. The summed E-state index contributed by atoms with van der Waals surface area (Å²) in [6.07, 6.45) is 0. The minimum absolute atomic E-state index is 0.398. The summed E-state index contributed by atoms with van der Waals surface area (Å²) in [5, 5.41) is 20.4. The van der Waals surface area contributed by atoms with Crippen LogP contribution in [0.3, 0.4) is 0 Å². The van der Waals surface area contributed by atoms with Crippen LogP contribution in [0.15, 0.2) is 9.52 Å². The van der Waals surface area contributed by atoms with Crippen LogP contribution in [0.25, 0.3) is 0 Å². The fraction of sp³-hybridized carbons (Fsp3) is 0.583. The Morgan fingerprint density at radius 1 is 1.29 bits per heavy atom. The Hall–Kier alpha value is -2.03. The van der Waals surface area contributed by atoms with E-state index in [0.29, 0.717) is 36.7 Å². The van der Waals surface area contributed by atoms with Gasteiger partial charge < -0.3 is 15.2 Å². The first-order valence-electron chi connectivity index (χ1n) is 6.64. The van der Waals surface area contributed by atoms with Gasteiger partial charge in [-0.2, -0.15) is 4.98 Å². The highest BCUT2D eigenvalue weighted by atomic mass is 32.1. The lowest BCUT2D eigenvalue weighted by molar-refractivity contribution is 0.387. The Balaban J connectivity index is 1.82. The second-order valence-corrected chi connectivity index (χ2v) is 5.79. The number of nitrogens with one attached hydrogen (secondary N) is 2. The van der Waals surface area contributed by atoms with Crippen LogP contribution in [-0.4, -0.2) is 33.3 Å². The van der Waals surface area contributed by atoms with Crippen molar-refractivity contribution in [3.8, 4) is 0 Å². The molecule has 0 aromatic carbocycles. The average molecular weight is 309 g/mol. The molecule has 114 valence electrons. The highest BCUT2D eigenvalue weighted by molar-refractivity contribution is 7.11. The van der Waals surface area contributed by atoms with Gasteiger partial charge in [0.1, 0.15) is 10.0 Å². The maximum atomic E-state index is 4.91. The summed E-state index contributed by atoms with van der Waals surface area (Å²) < 4.78 is 4.91. The topological polar surface area (TPSA) is 101 Å². The summed E-state index contributed by atoms with van der Waals surface area (Å²) in [4.78, 5) is 8.25. The molecular formula is C12H19N7OS. The second-order valence-electron chi connectivity index (χ2n) is 4.70. The molecule has 0 atom stereocenters. The van der Waals surface area contributed by atoms with E-state index in [1.54, 1.807) is 25.3 Å². The van der Waals surface area contributed by atoms with Crippen molar-refractivity contribution in [2.24, 2.45) is 4.99 Å².